The number of amides is 2. The Morgan fingerprint density at radius 2 is 1.60 bits per heavy atom. The first-order valence-corrected chi connectivity index (χ1v) is 14.5. The van der Waals surface area contributed by atoms with Gasteiger partial charge < -0.3 is 9.84 Å². The van der Waals surface area contributed by atoms with E-state index in [2.05, 4.69) is 0 Å². The molecule has 1 N–H and O–H groups in total. The average Bonchev–Trinajstić information content (AvgIpc) is 3.28. The van der Waals surface area contributed by atoms with Gasteiger partial charge in [0.25, 0.3) is 0 Å². The smallest absolute Gasteiger partial charge is 0.238 e. The quantitative estimate of drug-likeness (QED) is 0.243. The molecule has 7 rings (SSSR count). The van der Waals surface area contributed by atoms with E-state index in [1.165, 1.54) is 17.0 Å². The predicted octanol–water partition coefficient (Wildman–Crippen LogP) is 5.61. The highest BCUT2D eigenvalue weighted by Crippen LogP contribution is 2.56. The monoisotopic (exact) mass is 571 g/mol. The topological polar surface area (TPSA) is 101 Å². The van der Waals surface area contributed by atoms with E-state index < -0.39 is 23.7 Å². The minimum Gasteiger partial charge on any atom is -0.507 e. The van der Waals surface area contributed by atoms with E-state index in [0.29, 0.717) is 46.7 Å². The highest BCUT2D eigenvalue weighted by molar-refractivity contribution is 6.25. The summed E-state index contributed by atoms with van der Waals surface area (Å²) in [6.45, 7) is 1.94. The zero-order valence-electron chi connectivity index (χ0n) is 23.5. The molecule has 4 aliphatic rings. The van der Waals surface area contributed by atoms with Crippen LogP contribution in [-0.4, -0.2) is 28.5 Å². The third-order valence-electron chi connectivity index (χ3n) is 9.14. The second-order valence-corrected chi connectivity index (χ2v) is 11.6. The summed E-state index contributed by atoms with van der Waals surface area (Å²) in [5.41, 5.74) is 3.79. The molecular weight excluding hydrogens is 542 g/mol. The number of carbonyl (C=O) groups excluding carboxylic acids is 4. The van der Waals surface area contributed by atoms with Crippen molar-refractivity contribution < 1.29 is 29.0 Å². The van der Waals surface area contributed by atoms with E-state index in [4.69, 9.17) is 4.74 Å². The summed E-state index contributed by atoms with van der Waals surface area (Å²) in [4.78, 5) is 55.8. The fraction of sp³-hybridized carbons (Fsp3) is 0.222. The molecule has 1 heterocycles. The molecule has 0 radical (unpaired) electrons. The molecule has 1 aliphatic heterocycles. The fourth-order valence-corrected chi connectivity index (χ4v) is 7.17. The van der Waals surface area contributed by atoms with Gasteiger partial charge in [-0.2, -0.15) is 0 Å². The van der Waals surface area contributed by atoms with Gasteiger partial charge in [0.15, 0.2) is 11.6 Å². The largest absolute Gasteiger partial charge is 0.507 e. The number of ketones is 2. The molecule has 43 heavy (non-hydrogen) atoms. The molecule has 0 saturated carbocycles. The second kappa shape index (κ2) is 10.3. The number of rotatable bonds is 5. The standard InChI is InChI=1S/C36H29NO6/c1-20-16-30(39)33-28(34(20)40)18-27-24(14-15-26-32(27)36(42)37(35(26)41)22-10-6-3-7-11-22)31(33)25-13-12-23(17-29(25)38)43-19-21-8-4-2-5-9-21/h2-14,16-17,26-27,31-32,38H,15,18-19H2,1H3/t26-,27+,31+,32-/m0/s1. The molecule has 1 saturated heterocycles. The first-order valence-electron chi connectivity index (χ1n) is 14.5. The number of benzene rings is 3. The Kier molecular flexibility index (Phi) is 6.46. The summed E-state index contributed by atoms with van der Waals surface area (Å²) in [5, 5.41) is 11.3. The van der Waals surface area contributed by atoms with Crippen LogP contribution in [-0.2, 0) is 25.8 Å². The minimum absolute atomic E-state index is 0.0719. The van der Waals surface area contributed by atoms with Crippen LogP contribution in [0.3, 0.4) is 0 Å². The summed E-state index contributed by atoms with van der Waals surface area (Å²) in [6, 6.07) is 23.5. The molecular formula is C36H29NO6. The van der Waals surface area contributed by atoms with Crippen molar-refractivity contribution in [2.24, 2.45) is 17.8 Å². The van der Waals surface area contributed by atoms with Crippen LogP contribution in [0.1, 0.15) is 36.8 Å². The van der Waals surface area contributed by atoms with E-state index in [9.17, 15) is 24.3 Å². The predicted molar refractivity (Wildman–Crippen MR) is 159 cm³/mol. The number of anilines is 1. The second-order valence-electron chi connectivity index (χ2n) is 11.6. The molecule has 2 amide bonds. The summed E-state index contributed by atoms with van der Waals surface area (Å²) < 4.78 is 5.91. The van der Waals surface area contributed by atoms with Crippen molar-refractivity contribution in [3.8, 4) is 11.5 Å². The Hall–Kier alpha value is -5.04. The van der Waals surface area contributed by atoms with E-state index in [1.54, 1.807) is 43.3 Å². The lowest BCUT2D eigenvalue weighted by molar-refractivity contribution is -0.123. The third-order valence-corrected chi connectivity index (χ3v) is 9.14. The number of phenolic OH excluding ortho intramolecular Hbond substituents is 1. The molecule has 7 heteroatoms. The number of ether oxygens (including phenoxy) is 1. The first kappa shape index (κ1) is 26.8. The number of hydrogen-bond acceptors (Lipinski definition) is 6. The number of para-hydroxylation sites is 1. The van der Waals surface area contributed by atoms with E-state index >= 15 is 0 Å². The highest BCUT2D eigenvalue weighted by atomic mass is 16.5. The molecule has 0 spiro atoms. The molecule has 1 fully saturated rings. The van der Waals surface area contributed by atoms with Crippen molar-refractivity contribution in [3.63, 3.8) is 0 Å². The minimum atomic E-state index is -0.729. The summed E-state index contributed by atoms with van der Waals surface area (Å²) >= 11 is 0. The Balaban J connectivity index is 1.29. The van der Waals surface area contributed by atoms with Gasteiger partial charge >= 0.3 is 0 Å². The van der Waals surface area contributed by atoms with Crippen LogP contribution in [0.25, 0.3) is 0 Å². The SMILES string of the molecule is CC1=CC(=O)C2=C(C[C@@H]3C(=CC[C@@H]4C(=O)N(c5ccccc5)C(=O)[C@@H]43)[C@@H]2c2ccc(OCc3ccccc3)cc2O)C1=O. The number of carbonyl (C=O) groups is 4. The Labute approximate surface area is 248 Å². The number of imide groups is 1. The zero-order valence-corrected chi connectivity index (χ0v) is 23.5. The lowest BCUT2D eigenvalue weighted by Gasteiger charge is -2.42. The number of hydrogen-bond donors (Lipinski definition) is 1. The lowest BCUT2D eigenvalue weighted by atomic mass is 9.59. The number of fused-ring (bicyclic) bond motifs is 3. The molecule has 4 atom stereocenters. The van der Waals surface area contributed by atoms with Crippen LogP contribution >= 0.6 is 0 Å². The zero-order chi connectivity index (χ0) is 29.8. The van der Waals surface area contributed by atoms with Gasteiger partial charge in [-0.15, -0.1) is 0 Å². The number of nitrogens with zero attached hydrogens (tertiary/aromatic N) is 1. The molecule has 0 bridgehead atoms. The molecule has 0 aromatic heterocycles. The average molecular weight is 572 g/mol. The molecule has 0 unspecified atom stereocenters. The fourth-order valence-electron chi connectivity index (χ4n) is 7.17. The summed E-state index contributed by atoms with van der Waals surface area (Å²) in [6.07, 6.45) is 3.83. The van der Waals surface area contributed by atoms with Crippen LogP contribution in [0.5, 0.6) is 11.5 Å². The van der Waals surface area contributed by atoms with Crippen LogP contribution < -0.4 is 9.64 Å². The van der Waals surface area contributed by atoms with Gasteiger partial charge in [-0.3, -0.25) is 24.1 Å². The van der Waals surface area contributed by atoms with E-state index in [1.807, 2.05) is 42.5 Å². The molecule has 3 aliphatic carbocycles. The van der Waals surface area contributed by atoms with Gasteiger partial charge in [-0.1, -0.05) is 66.2 Å². The number of phenols is 1. The number of allylic oxidation sites excluding steroid dienone is 6. The van der Waals surface area contributed by atoms with Crippen molar-refractivity contribution in [2.45, 2.75) is 32.3 Å². The number of Topliss-reactive ketones (excluding diaryl/α,β-unsaturated/α-hetero) is 1. The first-order chi connectivity index (χ1) is 20.8. The molecule has 7 nitrogen and oxygen atoms in total. The van der Waals surface area contributed by atoms with Crippen LogP contribution in [0.2, 0.25) is 0 Å². The van der Waals surface area contributed by atoms with Gasteiger partial charge in [0.2, 0.25) is 11.8 Å². The van der Waals surface area contributed by atoms with Gasteiger partial charge in [0, 0.05) is 34.3 Å². The normalized spacial score (nSPS) is 24.7. The maximum Gasteiger partial charge on any atom is 0.238 e. The maximum atomic E-state index is 14.0. The lowest BCUT2D eigenvalue weighted by Crippen LogP contribution is -2.39. The van der Waals surface area contributed by atoms with Crippen LogP contribution in [0.4, 0.5) is 5.69 Å². The Bertz CT molecular complexity index is 1780. The van der Waals surface area contributed by atoms with Crippen molar-refractivity contribution in [1.82, 2.24) is 0 Å². The van der Waals surface area contributed by atoms with Crippen molar-refractivity contribution in [1.29, 1.82) is 0 Å². The van der Waals surface area contributed by atoms with Crippen molar-refractivity contribution >= 4 is 29.1 Å². The Morgan fingerprint density at radius 3 is 2.33 bits per heavy atom. The van der Waals surface area contributed by atoms with Gasteiger partial charge in [0.1, 0.15) is 18.1 Å². The van der Waals surface area contributed by atoms with E-state index in [-0.39, 0.29) is 35.6 Å². The van der Waals surface area contributed by atoms with Crippen LogP contribution in [0, 0.1) is 17.8 Å². The molecule has 214 valence electrons. The van der Waals surface area contributed by atoms with Crippen molar-refractivity contribution in [3.05, 3.63) is 124 Å². The van der Waals surface area contributed by atoms with Crippen LogP contribution in [0.15, 0.2) is 113 Å². The van der Waals surface area contributed by atoms with Crippen molar-refractivity contribution in [2.75, 3.05) is 4.90 Å². The van der Waals surface area contributed by atoms with Gasteiger partial charge in [-0.05, 0) is 55.5 Å². The third kappa shape index (κ3) is 4.35. The summed E-state index contributed by atoms with van der Waals surface area (Å²) in [5.74, 6) is -3.10. The highest BCUT2D eigenvalue weighted by Gasteiger charge is 2.56. The molecule has 3 aromatic rings. The Morgan fingerprint density at radius 1 is 0.884 bits per heavy atom. The summed E-state index contributed by atoms with van der Waals surface area (Å²) in [7, 11) is 0. The number of aromatic hydroxyl groups is 1. The maximum absolute atomic E-state index is 14.0. The van der Waals surface area contributed by atoms with E-state index in [0.717, 1.165) is 11.1 Å². The molecule has 3 aromatic carbocycles. The van der Waals surface area contributed by atoms with Gasteiger partial charge in [-0.25, -0.2) is 0 Å². The van der Waals surface area contributed by atoms with Gasteiger partial charge in [0.05, 0.1) is 17.5 Å².